The number of urea groups is 2. The monoisotopic (exact) mass is 568 g/mol. The quantitative estimate of drug-likeness (QED) is 0.291. The highest BCUT2D eigenvalue weighted by atomic mass is 16.5. The standard InChI is InChI=1S/C28H36N6O7/c1-18-6-3-4-7-20(18)30-27(39)31-21-10-8-19(16-23(21)41-2)9-11-24(35)33-12-5-13-34(15-14-33)28(40)32-22(26(29)38)17-25(36)37/h3-4,6-8,10,16,22H,5,9,11-15,17H2,1-2H3,(H2,29,38)(H,32,40)(H,36,37)(H2,30,31,39). The maximum Gasteiger partial charge on any atom is 0.323 e. The number of carboxylic acids is 1. The largest absolute Gasteiger partial charge is 0.495 e. The highest BCUT2D eigenvalue weighted by molar-refractivity contribution is 6.01. The predicted octanol–water partition coefficient (Wildman–Crippen LogP) is 2.15. The van der Waals surface area contributed by atoms with E-state index in [9.17, 15) is 24.0 Å². The highest BCUT2D eigenvalue weighted by Crippen LogP contribution is 2.27. The van der Waals surface area contributed by atoms with Crippen LogP contribution in [0.4, 0.5) is 21.0 Å². The van der Waals surface area contributed by atoms with Crippen molar-refractivity contribution in [3.8, 4) is 5.75 Å². The molecule has 1 heterocycles. The molecule has 220 valence electrons. The molecule has 1 atom stereocenters. The van der Waals surface area contributed by atoms with Gasteiger partial charge in [0.25, 0.3) is 0 Å². The Kier molecular flexibility index (Phi) is 10.9. The zero-order valence-corrected chi connectivity index (χ0v) is 23.1. The van der Waals surface area contributed by atoms with Crippen LogP contribution in [0.2, 0.25) is 0 Å². The molecule has 2 aromatic carbocycles. The fraction of sp³-hybridized carbons (Fsp3) is 0.393. The smallest absolute Gasteiger partial charge is 0.323 e. The number of aryl methyl sites for hydroxylation is 2. The molecule has 13 nitrogen and oxygen atoms in total. The number of ether oxygens (including phenoxy) is 1. The summed E-state index contributed by atoms with van der Waals surface area (Å²) in [6.07, 6.45) is 0.597. The number of amides is 6. The molecule has 0 spiro atoms. The van der Waals surface area contributed by atoms with Crippen LogP contribution in [0.5, 0.6) is 5.75 Å². The van der Waals surface area contributed by atoms with E-state index in [-0.39, 0.29) is 18.9 Å². The van der Waals surface area contributed by atoms with E-state index in [4.69, 9.17) is 15.6 Å². The minimum Gasteiger partial charge on any atom is -0.495 e. The number of anilines is 2. The van der Waals surface area contributed by atoms with Crippen molar-refractivity contribution in [1.29, 1.82) is 0 Å². The van der Waals surface area contributed by atoms with Crippen molar-refractivity contribution in [2.24, 2.45) is 5.73 Å². The van der Waals surface area contributed by atoms with Crippen molar-refractivity contribution >= 4 is 41.2 Å². The minimum atomic E-state index is -1.32. The molecule has 1 aliphatic rings. The van der Waals surface area contributed by atoms with Crippen molar-refractivity contribution in [1.82, 2.24) is 15.1 Å². The second kappa shape index (κ2) is 14.5. The lowest BCUT2D eigenvalue weighted by molar-refractivity contribution is -0.139. The molecule has 6 N–H and O–H groups in total. The fourth-order valence-electron chi connectivity index (χ4n) is 4.40. The van der Waals surface area contributed by atoms with Gasteiger partial charge in [-0.05, 0) is 49.1 Å². The summed E-state index contributed by atoms with van der Waals surface area (Å²) in [4.78, 5) is 63.5. The fourth-order valence-corrected chi connectivity index (χ4v) is 4.40. The van der Waals surface area contributed by atoms with E-state index in [0.29, 0.717) is 49.6 Å². The summed E-state index contributed by atoms with van der Waals surface area (Å²) in [5.41, 5.74) is 8.17. The van der Waals surface area contributed by atoms with Crippen LogP contribution in [-0.4, -0.2) is 84.1 Å². The number of primary amides is 1. The number of rotatable bonds is 10. The first kappa shape index (κ1) is 30.7. The van der Waals surface area contributed by atoms with Gasteiger partial charge in [-0.15, -0.1) is 0 Å². The molecule has 1 saturated heterocycles. The van der Waals surface area contributed by atoms with Gasteiger partial charge in [0, 0.05) is 38.3 Å². The first-order valence-corrected chi connectivity index (χ1v) is 13.2. The third-order valence-corrected chi connectivity index (χ3v) is 6.69. The van der Waals surface area contributed by atoms with E-state index in [1.807, 2.05) is 37.3 Å². The first-order valence-electron chi connectivity index (χ1n) is 13.2. The van der Waals surface area contributed by atoms with Gasteiger partial charge in [-0.3, -0.25) is 14.4 Å². The van der Waals surface area contributed by atoms with Crippen LogP contribution >= 0.6 is 0 Å². The molecular weight excluding hydrogens is 532 g/mol. The van der Waals surface area contributed by atoms with Crippen molar-refractivity contribution in [3.63, 3.8) is 0 Å². The third kappa shape index (κ3) is 9.12. The number of carbonyl (C=O) groups excluding carboxylic acids is 4. The first-order chi connectivity index (χ1) is 19.6. The number of nitrogens with two attached hydrogens (primary N) is 1. The van der Waals surface area contributed by atoms with Gasteiger partial charge in [-0.25, -0.2) is 9.59 Å². The van der Waals surface area contributed by atoms with Crippen molar-refractivity contribution in [2.75, 3.05) is 43.9 Å². The molecular formula is C28H36N6O7. The minimum absolute atomic E-state index is 0.0769. The third-order valence-electron chi connectivity index (χ3n) is 6.69. The molecule has 13 heteroatoms. The zero-order valence-electron chi connectivity index (χ0n) is 23.1. The SMILES string of the molecule is COc1cc(CCC(=O)N2CCCN(C(=O)NC(CC(=O)O)C(N)=O)CC2)ccc1NC(=O)Nc1ccccc1C. The van der Waals surface area contributed by atoms with E-state index in [1.54, 1.807) is 17.0 Å². The van der Waals surface area contributed by atoms with Crippen molar-refractivity contribution in [2.45, 2.75) is 38.6 Å². The Morgan fingerprint density at radius 1 is 0.976 bits per heavy atom. The average molecular weight is 569 g/mol. The summed E-state index contributed by atoms with van der Waals surface area (Å²) in [7, 11) is 1.50. The van der Waals surface area contributed by atoms with Crippen LogP contribution in [-0.2, 0) is 20.8 Å². The lowest BCUT2D eigenvalue weighted by Crippen LogP contribution is -2.51. The van der Waals surface area contributed by atoms with Crippen LogP contribution in [0, 0.1) is 6.92 Å². The molecule has 3 rings (SSSR count). The Bertz CT molecular complexity index is 1280. The molecule has 1 unspecified atom stereocenters. The topological polar surface area (TPSA) is 183 Å². The number of carbonyl (C=O) groups is 5. The maximum atomic E-state index is 12.9. The van der Waals surface area contributed by atoms with Gasteiger partial charge >= 0.3 is 18.0 Å². The molecule has 1 aliphatic heterocycles. The molecule has 0 saturated carbocycles. The van der Waals surface area contributed by atoms with Crippen molar-refractivity contribution in [3.05, 3.63) is 53.6 Å². The number of hydrogen-bond acceptors (Lipinski definition) is 6. The van der Waals surface area contributed by atoms with Gasteiger partial charge in [0.1, 0.15) is 11.8 Å². The molecule has 0 bridgehead atoms. The van der Waals surface area contributed by atoms with Crippen LogP contribution < -0.4 is 26.4 Å². The van der Waals surface area contributed by atoms with Gasteiger partial charge in [0.05, 0.1) is 19.2 Å². The summed E-state index contributed by atoms with van der Waals surface area (Å²) in [5, 5.41) is 16.9. The number of benzene rings is 2. The van der Waals surface area contributed by atoms with Gasteiger partial charge < -0.3 is 41.3 Å². The molecule has 0 aliphatic carbocycles. The van der Waals surface area contributed by atoms with Gasteiger partial charge in [0.2, 0.25) is 11.8 Å². The number of methoxy groups -OCH3 is 1. The molecule has 1 fully saturated rings. The van der Waals surface area contributed by atoms with E-state index >= 15 is 0 Å². The summed E-state index contributed by atoms with van der Waals surface area (Å²) in [6.45, 7) is 3.23. The predicted molar refractivity (Wildman–Crippen MR) is 152 cm³/mol. The Morgan fingerprint density at radius 2 is 1.66 bits per heavy atom. The van der Waals surface area contributed by atoms with Crippen LogP contribution in [0.15, 0.2) is 42.5 Å². The number of nitrogens with one attached hydrogen (secondary N) is 3. The lowest BCUT2D eigenvalue weighted by Gasteiger charge is -2.24. The Labute approximate surface area is 238 Å². The summed E-state index contributed by atoms with van der Waals surface area (Å²) in [5.74, 6) is -1.80. The summed E-state index contributed by atoms with van der Waals surface area (Å²) in [6, 6.07) is 10.4. The second-order valence-corrected chi connectivity index (χ2v) is 9.65. The molecule has 2 aromatic rings. The van der Waals surface area contributed by atoms with Crippen LogP contribution in [0.25, 0.3) is 0 Å². The number of nitrogens with zero attached hydrogens (tertiary/aromatic N) is 2. The van der Waals surface area contributed by atoms with E-state index in [2.05, 4.69) is 16.0 Å². The maximum absolute atomic E-state index is 12.9. The highest BCUT2D eigenvalue weighted by Gasteiger charge is 2.26. The van der Waals surface area contributed by atoms with E-state index < -0.39 is 36.4 Å². The lowest BCUT2D eigenvalue weighted by atomic mass is 10.1. The number of aliphatic carboxylic acids is 1. The average Bonchev–Trinajstić information content (AvgIpc) is 3.19. The van der Waals surface area contributed by atoms with Crippen LogP contribution in [0.3, 0.4) is 0 Å². The van der Waals surface area contributed by atoms with Gasteiger partial charge in [-0.2, -0.15) is 0 Å². The summed E-state index contributed by atoms with van der Waals surface area (Å²) < 4.78 is 5.46. The van der Waals surface area contributed by atoms with Gasteiger partial charge in [-0.1, -0.05) is 24.3 Å². The van der Waals surface area contributed by atoms with Gasteiger partial charge in [0.15, 0.2) is 0 Å². The molecule has 0 aromatic heterocycles. The summed E-state index contributed by atoms with van der Waals surface area (Å²) >= 11 is 0. The van der Waals surface area contributed by atoms with Crippen LogP contribution in [0.1, 0.15) is 30.4 Å². The number of hydrogen-bond donors (Lipinski definition) is 5. The normalized spacial score (nSPS) is 13.9. The Balaban J connectivity index is 1.51. The second-order valence-electron chi connectivity index (χ2n) is 9.65. The number of para-hydroxylation sites is 1. The zero-order chi connectivity index (χ0) is 29.9. The molecule has 41 heavy (non-hydrogen) atoms. The van der Waals surface area contributed by atoms with Crippen molar-refractivity contribution < 1.29 is 33.8 Å². The Morgan fingerprint density at radius 3 is 2.34 bits per heavy atom. The number of carboxylic acid groups (broad SMARTS) is 1. The van der Waals surface area contributed by atoms with E-state index in [0.717, 1.165) is 11.1 Å². The Hall–Kier alpha value is -4.81. The molecule has 0 radical (unpaired) electrons. The molecule has 6 amide bonds. The van der Waals surface area contributed by atoms with E-state index in [1.165, 1.54) is 12.0 Å².